The summed E-state index contributed by atoms with van der Waals surface area (Å²) in [4.78, 5) is 12.1. The Labute approximate surface area is 131 Å². The standard InChI is InChI=1S/C16H21FN2O.ClH/c1-10-3-2-4-14(17)16(10)19-15(20)9-11-7-12-5-6-13(8-11)18-12;/h2-4,11-13,18H,5-9H2,1H3,(H,19,20);1H. The fraction of sp³-hybridized carbons (Fsp3) is 0.562. The van der Waals surface area contributed by atoms with Gasteiger partial charge in [0.1, 0.15) is 5.82 Å². The van der Waals surface area contributed by atoms with Gasteiger partial charge in [0.15, 0.2) is 0 Å². The lowest BCUT2D eigenvalue weighted by Gasteiger charge is -2.28. The maximum atomic E-state index is 13.7. The van der Waals surface area contributed by atoms with E-state index in [9.17, 15) is 9.18 Å². The number of benzene rings is 1. The highest BCUT2D eigenvalue weighted by Gasteiger charge is 2.34. The van der Waals surface area contributed by atoms with E-state index in [2.05, 4.69) is 10.6 Å². The van der Waals surface area contributed by atoms with Gasteiger partial charge < -0.3 is 10.6 Å². The molecule has 2 saturated heterocycles. The number of aryl methyl sites for hydroxylation is 1. The molecule has 3 nitrogen and oxygen atoms in total. The number of anilines is 1. The number of carbonyl (C=O) groups excluding carboxylic acids is 1. The van der Waals surface area contributed by atoms with E-state index in [0.717, 1.165) is 18.4 Å². The van der Waals surface area contributed by atoms with Gasteiger partial charge >= 0.3 is 0 Å². The highest BCUT2D eigenvalue weighted by Crippen LogP contribution is 2.33. The van der Waals surface area contributed by atoms with Gasteiger partial charge in [0.2, 0.25) is 5.91 Å². The van der Waals surface area contributed by atoms with Gasteiger partial charge in [0.05, 0.1) is 5.69 Å². The van der Waals surface area contributed by atoms with E-state index >= 15 is 0 Å². The van der Waals surface area contributed by atoms with Gasteiger partial charge in [-0.2, -0.15) is 0 Å². The Kier molecular flexibility index (Phi) is 5.22. The molecule has 0 saturated carbocycles. The molecule has 2 aliphatic rings. The third-order valence-electron chi connectivity index (χ3n) is 4.53. The first kappa shape index (κ1) is 16.2. The summed E-state index contributed by atoms with van der Waals surface area (Å²) in [6.45, 7) is 1.81. The molecule has 3 rings (SSSR count). The van der Waals surface area contributed by atoms with Crippen LogP contribution < -0.4 is 10.6 Å². The van der Waals surface area contributed by atoms with Crippen LogP contribution in [0.15, 0.2) is 18.2 Å². The maximum Gasteiger partial charge on any atom is 0.224 e. The van der Waals surface area contributed by atoms with Crippen molar-refractivity contribution in [1.82, 2.24) is 5.32 Å². The molecule has 21 heavy (non-hydrogen) atoms. The maximum absolute atomic E-state index is 13.7. The molecule has 2 atom stereocenters. The number of halogens is 2. The second-order valence-electron chi connectivity index (χ2n) is 6.16. The highest BCUT2D eigenvalue weighted by atomic mass is 35.5. The zero-order valence-electron chi connectivity index (χ0n) is 12.2. The Balaban J connectivity index is 0.00000161. The van der Waals surface area contributed by atoms with E-state index < -0.39 is 0 Å². The van der Waals surface area contributed by atoms with Crippen LogP contribution in [0.3, 0.4) is 0 Å². The molecule has 116 valence electrons. The van der Waals surface area contributed by atoms with Gasteiger partial charge in [-0.25, -0.2) is 4.39 Å². The number of nitrogens with one attached hydrogen (secondary N) is 2. The molecule has 0 aromatic heterocycles. The van der Waals surface area contributed by atoms with Crippen LogP contribution in [0.4, 0.5) is 10.1 Å². The van der Waals surface area contributed by atoms with Crippen LogP contribution in [0.2, 0.25) is 0 Å². The smallest absolute Gasteiger partial charge is 0.224 e. The van der Waals surface area contributed by atoms with Gasteiger partial charge in [-0.15, -0.1) is 12.4 Å². The fourth-order valence-electron chi connectivity index (χ4n) is 3.58. The van der Waals surface area contributed by atoms with E-state index in [1.807, 2.05) is 13.0 Å². The molecule has 0 aliphatic carbocycles. The van der Waals surface area contributed by atoms with Gasteiger partial charge in [0.25, 0.3) is 0 Å². The van der Waals surface area contributed by atoms with E-state index in [-0.39, 0.29) is 24.1 Å². The van der Waals surface area contributed by atoms with Crippen LogP contribution in [-0.4, -0.2) is 18.0 Å². The number of hydrogen-bond acceptors (Lipinski definition) is 2. The van der Waals surface area contributed by atoms with Crippen LogP contribution in [0.5, 0.6) is 0 Å². The van der Waals surface area contributed by atoms with Crippen molar-refractivity contribution >= 4 is 24.0 Å². The summed E-state index contributed by atoms with van der Waals surface area (Å²) < 4.78 is 13.7. The molecule has 1 aromatic rings. The molecule has 1 amide bonds. The Bertz CT molecular complexity index is 491. The van der Waals surface area contributed by atoms with E-state index in [0.29, 0.717) is 30.1 Å². The van der Waals surface area contributed by atoms with Gasteiger partial charge in [-0.3, -0.25) is 4.79 Å². The number of piperidine rings is 1. The SMILES string of the molecule is Cc1cccc(F)c1NC(=O)CC1CC2CCC(C1)N2.Cl. The molecule has 0 radical (unpaired) electrons. The molecule has 2 unspecified atom stereocenters. The summed E-state index contributed by atoms with van der Waals surface area (Å²) >= 11 is 0. The zero-order chi connectivity index (χ0) is 14.1. The molecule has 2 aliphatic heterocycles. The van der Waals surface area contributed by atoms with Gasteiger partial charge in [-0.05, 0) is 50.2 Å². The topological polar surface area (TPSA) is 41.1 Å². The number of hydrogen-bond donors (Lipinski definition) is 2. The minimum absolute atomic E-state index is 0. The largest absolute Gasteiger partial charge is 0.323 e. The number of fused-ring (bicyclic) bond motifs is 2. The van der Waals surface area contributed by atoms with Gasteiger partial charge in [-0.1, -0.05) is 12.1 Å². The minimum Gasteiger partial charge on any atom is -0.323 e. The first-order valence-corrected chi connectivity index (χ1v) is 7.43. The highest BCUT2D eigenvalue weighted by molar-refractivity contribution is 5.91. The summed E-state index contributed by atoms with van der Waals surface area (Å²) in [5.41, 5.74) is 1.10. The lowest BCUT2D eigenvalue weighted by atomic mass is 9.89. The molecule has 5 heteroatoms. The predicted octanol–water partition coefficient (Wildman–Crippen LogP) is 3.42. The summed E-state index contributed by atoms with van der Waals surface area (Å²) in [6, 6.07) is 6.02. The molecule has 2 fully saturated rings. The Morgan fingerprint density at radius 1 is 1.33 bits per heavy atom. The first-order valence-electron chi connectivity index (χ1n) is 7.43. The minimum atomic E-state index is -0.358. The number of rotatable bonds is 3. The van der Waals surface area contributed by atoms with Crippen molar-refractivity contribution in [3.05, 3.63) is 29.6 Å². The molecule has 2 bridgehead atoms. The second-order valence-corrected chi connectivity index (χ2v) is 6.16. The number of amides is 1. The van der Waals surface area contributed by atoms with Crippen LogP contribution in [-0.2, 0) is 4.79 Å². The zero-order valence-corrected chi connectivity index (χ0v) is 13.0. The van der Waals surface area contributed by atoms with E-state index in [1.54, 1.807) is 6.07 Å². The summed E-state index contributed by atoms with van der Waals surface area (Å²) in [5.74, 6) is 0.00839. The molecular formula is C16H22ClFN2O. The second kappa shape index (κ2) is 6.75. The van der Waals surface area contributed by atoms with Crippen LogP contribution in [0.1, 0.15) is 37.7 Å². The monoisotopic (exact) mass is 312 g/mol. The summed E-state index contributed by atoms with van der Waals surface area (Å²) in [6.07, 6.45) is 5.10. The van der Waals surface area contributed by atoms with E-state index in [4.69, 9.17) is 0 Å². The average molecular weight is 313 g/mol. The lowest BCUT2D eigenvalue weighted by molar-refractivity contribution is -0.117. The van der Waals surface area contributed by atoms with Crippen LogP contribution in [0.25, 0.3) is 0 Å². The lowest BCUT2D eigenvalue weighted by Crippen LogP contribution is -2.39. The van der Waals surface area contributed by atoms with Crippen molar-refractivity contribution in [1.29, 1.82) is 0 Å². The van der Waals surface area contributed by atoms with Gasteiger partial charge in [0, 0.05) is 18.5 Å². The Morgan fingerprint density at radius 3 is 2.62 bits per heavy atom. The van der Waals surface area contributed by atoms with Crippen molar-refractivity contribution in [3.63, 3.8) is 0 Å². The molecular weight excluding hydrogens is 291 g/mol. The normalized spacial score (nSPS) is 27.0. The number of para-hydroxylation sites is 1. The third kappa shape index (κ3) is 3.74. The number of carbonyl (C=O) groups is 1. The quantitative estimate of drug-likeness (QED) is 0.898. The fourth-order valence-corrected chi connectivity index (χ4v) is 3.58. The molecule has 0 spiro atoms. The van der Waals surface area contributed by atoms with Crippen LogP contribution >= 0.6 is 12.4 Å². The van der Waals surface area contributed by atoms with Crippen molar-refractivity contribution in [2.24, 2.45) is 5.92 Å². The van der Waals surface area contributed by atoms with Crippen molar-refractivity contribution in [2.75, 3.05) is 5.32 Å². The molecule has 2 heterocycles. The summed E-state index contributed by atoms with van der Waals surface area (Å²) in [5, 5.41) is 6.31. The third-order valence-corrected chi connectivity index (χ3v) is 4.53. The molecule has 1 aromatic carbocycles. The van der Waals surface area contributed by atoms with Crippen molar-refractivity contribution in [3.8, 4) is 0 Å². The predicted molar refractivity (Wildman–Crippen MR) is 84.3 cm³/mol. The van der Waals surface area contributed by atoms with E-state index in [1.165, 1.54) is 18.9 Å². The first-order chi connectivity index (χ1) is 9.61. The van der Waals surface area contributed by atoms with Crippen molar-refractivity contribution < 1.29 is 9.18 Å². The average Bonchev–Trinajstić information content (AvgIpc) is 2.73. The molecule has 2 N–H and O–H groups in total. The van der Waals surface area contributed by atoms with Crippen molar-refractivity contribution in [2.45, 2.75) is 51.1 Å². The summed E-state index contributed by atoms with van der Waals surface area (Å²) in [7, 11) is 0. The Hall–Kier alpha value is -1.13. The van der Waals surface area contributed by atoms with Crippen LogP contribution in [0, 0.1) is 18.7 Å². The Morgan fingerprint density at radius 2 is 2.00 bits per heavy atom.